The van der Waals surface area contributed by atoms with E-state index < -0.39 is 0 Å². The van der Waals surface area contributed by atoms with E-state index in [2.05, 4.69) is 58.3 Å². The van der Waals surface area contributed by atoms with Gasteiger partial charge in [-0.25, -0.2) is 0 Å². The van der Waals surface area contributed by atoms with Crippen LogP contribution in [-0.2, 0) is 11.3 Å². The maximum atomic E-state index is 5.72. The first-order valence-corrected chi connectivity index (χ1v) is 7.20. The molecular formula is C14H21BrN2O. The summed E-state index contributed by atoms with van der Waals surface area (Å²) in [5, 5.41) is 3.47. The first kappa shape index (κ1) is 14.0. The van der Waals surface area contributed by atoms with Crippen LogP contribution in [0.4, 0.5) is 0 Å². The molecular weight excluding hydrogens is 292 g/mol. The molecule has 0 bridgehead atoms. The maximum Gasteiger partial charge on any atom is 0.0826 e. The van der Waals surface area contributed by atoms with Gasteiger partial charge in [-0.05, 0) is 31.2 Å². The van der Waals surface area contributed by atoms with Crippen molar-refractivity contribution < 1.29 is 4.74 Å². The van der Waals surface area contributed by atoms with E-state index in [-0.39, 0.29) is 0 Å². The standard InChI is InChI=1S/C14H21BrN2O/c1-11-3-4-12(7-14(11)15)8-16-9-13-10-17(2)5-6-18-13/h3-4,7,13,16H,5-6,8-10H2,1-2H3. The summed E-state index contributed by atoms with van der Waals surface area (Å²) in [6, 6.07) is 6.49. The third kappa shape index (κ3) is 4.05. The van der Waals surface area contributed by atoms with Crippen LogP contribution in [0.5, 0.6) is 0 Å². The van der Waals surface area contributed by atoms with Gasteiger partial charge in [0.1, 0.15) is 0 Å². The number of hydrogen-bond acceptors (Lipinski definition) is 3. The van der Waals surface area contributed by atoms with E-state index in [0.717, 1.165) is 32.8 Å². The van der Waals surface area contributed by atoms with Crippen LogP contribution in [0.1, 0.15) is 11.1 Å². The number of rotatable bonds is 4. The summed E-state index contributed by atoms with van der Waals surface area (Å²) in [6.45, 7) is 6.82. The SMILES string of the molecule is Cc1ccc(CNCC2CN(C)CCO2)cc1Br. The van der Waals surface area contributed by atoms with Gasteiger partial charge in [0.05, 0.1) is 12.7 Å². The molecule has 1 aliphatic heterocycles. The fourth-order valence-electron chi connectivity index (χ4n) is 2.11. The summed E-state index contributed by atoms with van der Waals surface area (Å²) in [5.74, 6) is 0. The molecule has 1 saturated heterocycles. The fraction of sp³-hybridized carbons (Fsp3) is 0.571. The number of benzene rings is 1. The highest BCUT2D eigenvalue weighted by molar-refractivity contribution is 9.10. The fourth-order valence-corrected chi connectivity index (χ4v) is 2.54. The number of nitrogens with zero attached hydrogens (tertiary/aromatic N) is 1. The van der Waals surface area contributed by atoms with Crippen LogP contribution in [0.25, 0.3) is 0 Å². The molecule has 1 aromatic rings. The molecule has 1 aliphatic rings. The monoisotopic (exact) mass is 312 g/mol. The van der Waals surface area contributed by atoms with E-state index in [9.17, 15) is 0 Å². The van der Waals surface area contributed by atoms with Gasteiger partial charge in [0, 0.05) is 30.7 Å². The van der Waals surface area contributed by atoms with Crippen molar-refractivity contribution >= 4 is 15.9 Å². The molecule has 0 saturated carbocycles. The Morgan fingerprint density at radius 2 is 2.33 bits per heavy atom. The highest BCUT2D eigenvalue weighted by Gasteiger charge is 2.16. The molecule has 1 heterocycles. The number of likely N-dealkylation sites (N-methyl/N-ethyl adjacent to an activating group) is 1. The molecule has 0 aromatic heterocycles. The Balaban J connectivity index is 1.76. The van der Waals surface area contributed by atoms with Crippen LogP contribution in [0.15, 0.2) is 22.7 Å². The Morgan fingerprint density at radius 1 is 1.50 bits per heavy atom. The van der Waals surface area contributed by atoms with Crippen molar-refractivity contribution in [3.8, 4) is 0 Å². The molecule has 18 heavy (non-hydrogen) atoms. The third-order valence-electron chi connectivity index (χ3n) is 3.28. The Kier molecular flexibility index (Phi) is 5.18. The van der Waals surface area contributed by atoms with Crippen LogP contribution in [0, 0.1) is 6.92 Å². The van der Waals surface area contributed by atoms with Crippen LogP contribution in [-0.4, -0.2) is 44.3 Å². The Hall–Kier alpha value is -0.420. The lowest BCUT2D eigenvalue weighted by molar-refractivity contribution is -0.0182. The number of morpholine rings is 1. The van der Waals surface area contributed by atoms with Crippen LogP contribution < -0.4 is 5.32 Å². The lowest BCUT2D eigenvalue weighted by atomic mass is 10.1. The van der Waals surface area contributed by atoms with E-state index in [1.165, 1.54) is 15.6 Å². The minimum absolute atomic E-state index is 0.317. The highest BCUT2D eigenvalue weighted by Crippen LogP contribution is 2.17. The first-order valence-electron chi connectivity index (χ1n) is 6.41. The predicted molar refractivity (Wildman–Crippen MR) is 77.8 cm³/mol. The van der Waals surface area contributed by atoms with Gasteiger partial charge >= 0.3 is 0 Å². The number of ether oxygens (including phenoxy) is 1. The summed E-state index contributed by atoms with van der Waals surface area (Å²) < 4.78 is 6.89. The van der Waals surface area contributed by atoms with Crippen molar-refractivity contribution in [3.05, 3.63) is 33.8 Å². The second-order valence-corrected chi connectivity index (χ2v) is 5.82. The zero-order valence-corrected chi connectivity index (χ0v) is 12.7. The molecule has 1 N–H and O–H groups in total. The van der Waals surface area contributed by atoms with E-state index in [1.54, 1.807) is 0 Å². The van der Waals surface area contributed by atoms with Crippen molar-refractivity contribution in [1.82, 2.24) is 10.2 Å². The summed E-state index contributed by atoms with van der Waals surface area (Å²) in [6.07, 6.45) is 0.317. The molecule has 0 aliphatic carbocycles. The van der Waals surface area contributed by atoms with E-state index >= 15 is 0 Å². The Morgan fingerprint density at radius 3 is 3.06 bits per heavy atom. The zero-order chi connectivity index (χ0) is 13.0. The van der Waals surface area contributed by atoms with Crippen molar-refractivity contribution in [2.75, 3.05) is 33.3 Å². The van der Waals surface area contributed by atoms with Gasteiger partial charge in [0.15, 0.2) is 0 Å². The average molecular weight is 313 g/mol. The maximum absolute atomic E-state index is 5.72. The smallest absolute Gasteiger partial charge is 0.0826 e. The summed E-state index contributed by atoms with van der Waals surface area (Å²) in [5.41, 5.74) is 2.58. The molecule has 0 spiro atoms. The van der Waals surface area contributed by atoms with E-state index in [4.69, 9.17) is 4.74 Å². The molecule has 1 atom stereocenters. The summed E-state index contributed by atoms with van der Waals surface area (Å²) in [4.78, 5) is 2.32. The Bertz CT molecular complexity index is 397. The van der Waals surface area contributed by atoms with Gasteiger partial charge in [0.2, 0.25) is 0 Å². The van der Waals surface area contributed by atoms with Crippen LogP contribution in [0.3, 0.4) is 0 Å². The zero-order valence-electron chi connectivity index (χ0n) is 11.1. The normalized spacial score (nSPS) is 21.2. The second kappa shape index (κ2) is 6.66. The van der Waals surface area contributed by atoms with Gasteiger partial charge in [-0.15, -0.1) is 0 Å². The molecule has 4 heteroatoms. The summed E-state index contributed by atoms with van der Waals surface area (Å²) in [7, 11) is 2.15. The number of halogens is 1. The Labute approximate surface area is 118 Å². The minimum Gasteiger partial charge on any atom is -0.374 e. The lowest BCUT2D eigenvalue weighted by Crippen LogP contribution is -2.44. The number of hydrogen-bond donors (Lipinski definition) is 1. The molecule has 1 unspecified atom stereocenters. The summed E-state index contributed by atoms with van der Waals surface area (Å²) >= 11 is 3.56. The van der Waals surface area contributed by atoms with E-state index in [1.807, 2.05) is 0 Å². The van der Waals surface area contributed by atoms with Crippen molar-refractivity contribution in [3.63, 3.8) is 0 Å². The first-order chi connectivity index (χ1) is 8.65. The topological polar surface area (TPSA) is 24.5 Å². The lowest BCUT2D eigenvalue weighted by Gasteiger charge is -2.30. The molecule has 0 amide bonds. The van der Waals surface area contributed by atoms with E-state index in [0.29, 0.717) is 6.10 Å². The molecule has 1 fully saturated rings. The van der Waals surface area contributed by atoms with Gasteiger partial charge in [-0.3, -0.25) is 0 Å². The largest absolute Gasteiger partial charge is 0.374 e. The van der Waals surface area contributed by atoms with Crippen LogP contribution in [0.2, 0.25) is 0 Å². The number of aryl methyl sites for hydroxylation is 1. The molecule has 100 valence electrons. The van der Waals surface area contributed by atoms with Crippen molar-refractivity contribution in [2.45, 2.75) is 19.6 Å². The van der Waals surface area contributed by atoms with Crippen molar-refractivity contribution in [1.29, 1.82) is 0 Å². The number of nitrogens with one attached hydrogen (secondary N) is 1. The molecule has 2 rings (SSSR count). The van der Waals surface area contributed by atoms with Gasteiger partial charge in [0.25, 0.3) is 0 Å². The quantitative estimate of drug-likeness (QED) is 0.922. The highest BCUT2D eigenvalue weighted by atomic mass is 79.9. The predicted octanol–water partition coefficient (Wildman–Crippen LogP) is 2.18. The molecule has 0 radical (unpaired) electrons. The second-order valence-electron chi connectivity index (χ2n) is 4.97. The van der Waals surface area contributed by atoms with Gasteiger partial charge in [-0.1, -0.05) is 28.1 Å². The van der Waals surface area contributed by atoms with Crippen molar-refractivity contribution in [2.24, 2.45) is 0 Å². The van der Waals surface area contributed by atoms with Gasteiger partial charge in [-0.2, -0.15) is 0 Å². The van der Waals surface area contributed by atoms with Gasteiger partial charge < -0.3 is 15.0 Å². The third-order valence-corrected chi connectivity index (χ3v) is 4.13. The molecule has 3 nitrogen and oxygen atoms in total. The molecule has 1 aromatic carbocycles. The minimum atomic E-state index is 0.317. The van der Waals surface area contributed by atoms with Crippen LogP contribution >= 0.6 is 15.9 Å². The average Bonchev–Trinajstić information content (AvgIpc) is 2.34.